The second-order valence-corrected chi connectivity index (χ2v) is 9.07. The minimum absolute atomic E-state index is 0. The van der Waals surface area contributed by atoms with Gasteiger partial charge < -0.3 is 15.3 Å². The summed E-state index contributed by atoms with van der Waals surface area (Å²) in [7, 11) is 0. The molecule has 4 fully saturated rings. The third-order valence-electron chi connectivity index (χ3n) is 7.87. The van der Waals surface area contributed by atoms with Gasteiger partial charge in [-0.05, 0) is 43.9 Å². The van der Waals surface area contributed by atoms with Crippen LogP contribution < -0.4 is 5.73 Å². The van der Waals surface area contributed by atoms with Crippen LogP contribution in [0.2, 0.25) is 0 Å². The van der Waals surface area contributed by atoms with Crippen molar-refractivity contribution in [3.05, 3.63) is 0 Å². The SMILES string of the molecule is C[C@]12CC/C(=N/OCCN)C[C@H]1OC(=O)[C@@H]1[C@@H]2CC[C@]2(C)C(=O)CC[C@@H]12.Cl. The fraction of sp³-hybridized carbons (Fsp3) is 0.850. The van der Waals surface area contributed by atoms with Crippen molar-refractivity contribution < 1.29 is 19.2 Å². The zero-order chi connectivity index (χ0) is 18.5. The number of hydrogen-bond donors (Lipinski definition) is 1. The van der Waals surface area contributed by atoms with Gasteiger partial charge in [0.25, 0.3) is 0 Å². The Bertz CT molecular complexity index is 654. The van der Waals surface area contributed by atoms with Gasteiger partial charge in [-0.2, -0.15) is 0 Å². The molecule has 4 aliphatic rings. The molecule has 0 radical (unpaired) electrons. The fourth-order valence-electron chi connectivity index (χ4n) is 6.20. The maximum atomic E-state index is 13.0. The molecule has 27 heavy (non-hydrogen) atoms. The molecule has 1 aliphatic heterocycles. The molecule has 0 bridgehead atoms. The first-order valence-electron chi connectivity index (χ1n) is 10.0. The smallest absolute Gasteiger partial charge is 0.309 e. The first-order chi connectivity index (χ1) is 12.4. The topological polar surface area (TPSA) is 91.0 Å². The largest absolute Gasteiger partial charge is 0.461 e. The van der Waals surface area contributed by atoms with Gasteiger partial charge in [-0.15, -0.1) is 12.4 Å². The highest BCUT2D eigenvalue weighted by Gasteiger charge is 2.64. The molecule has 1 saturated heterocycles. The predicted molar refractivity (Wildman–Crippen MR) is 104 cm³/mol. The summed E-state index contributed by atoms with van der Waals surface area (Å²) < 4.78 is 5.98. The van der Waals surface area contributed by atoms with Crippen LogP contribution in [0.15, 0.2) is 5.16 Å². The molecule has 2 N–H and O–H groups in total. The molecular weight excluding hydrogens is 368 g/mol. The second-order valence-electron chi connectivity index (χ2n) is 9.07. The number of Topliss-reactive ketones (excluding diaryl/α,β-unsaturated/α-hetero) is 1. The van der Waals surface area contributed by atoms with Gasteiger partial charge in [0.2, 0.25) is 0 Å². The lowest BCUT2D eigenvalue weighted by molar-refractivity contribution is -0.202. The van der Waals surface area contributed by atoms with Crippen LogP contribution in [0.5, 0.6) is 0 Å². The summed E-state index contributed by atoms with van der Waals surface area (Å²) in [4.78, 5) is 30.6. The number of nitrogens with two attached hydrogens (primary N) is 1. The molecule has 6 nitrogen and oxygen atoms in total. The van der Waals surface area contributed by atoms with Crippen LogP contribution >= 0.6 is 12.4 Å². The Morgan fingerprint density at radius 3 is 2.70 bits per heavy atom. The van der Waals surface area contributed by atoms with Gasteiger partial charge in [-0.1, -0.05) is 19.0 Å². The highest BCUT2D eigenvalue weighted by Crippen LogP contribution is 2.62. The van der Waals surface area contributed by atoms with E-state index in [9.17, 15) is 9.59 Å². The Labute approximate surface area is 167 Å². The molecule has 0 spiro atoms. The third-order valence-corrected chi connectivity index (χ3v) is 7.87. The number of carbonyl (C=O) groups is 2. The van der Waals surface area contributed by atoms with Crippen LogP contribution in [0, 0.1) is 28.6 Å². The Morgan fingerprint density at radius 1 is 1.19 bits per heavy atom. The van der Waals surface area contributed by atoms with Crippen LogP contribution in [-0.2, 0) is 19.2 Å². The molecule has 0 aromatic rings. The second kappa shape index (κ2) is 7.36. The number of halogens is 1. The summed E-state index contributed by atoms with van der Waals surface area (Å²) in [5.74, 6) is 0.600. The van der Waals surface area contributed by atoms with E-state index in [-0.39, 0.29) is 47.1 Å². The van der Waals surface area contributed by atoms with E-state index in [1.54, 1.807) is 0 Å². The summed E-state index contributed by atoms with van der Waals surface area (Å²) in [6, 6.07) is 0. The molecule has 0 aromatic heterocycles. The lowest BCUT2D eigenvalue weighted by Gasteiger charge is -2.57. The molecule has 0 unspecified atom stereocenters. The number of rotatable bonds is 3. The predicted octanol–water partition coefficient (Wildman–Crippen LogP) is 2.87. The van der Waals surface area contributed by atoms with Crippen molar-refractivity contribution in [3.8, 4) is 0 Å². The van der Waals surface area contributed by atoms with Crippen molar-refractivity contribution in [2.45, 2.75) is 64.9 Å². The summed E-state index contributed by atoms with van der Waals surface area (Å²) in [5.41, 5.74) is 6.05. The Balaban J connectivity index is 0.00000210. The molecule has 1 heterocycles. The average Bonchev–Trinajstić information content (AvgIpc) is 2.92. The molecule has 4 rings (SSSR count). The Morgan fingerprint density at radius 2 is 1.96 bits per heavy atom. The van der Waals surface area contributed by atoms with Crippen LogP contribution in [0.25, 0.3) is 0 Å². The summed E-state index contributed by atoms with van der Waals surface area (Å²) in [6.07, 6.45) is 5.66. The van der Waals surface area contributed by atoms with Crippen molar-refractivity contribution in [2.75, 3.05) is 13.2 Å². The molecule has 3 aliphatic carbocycles. The zero-order valence-corrected chi connectivity index (χ0v) is 17.1. The number of oxime groups is 1. The Kier molecular flexibility index (Phi) is 5.61. The zero-order valence-electron chi connectivity index (χ0n) is 16.2. The molecule has 0 amide bonds. The van der Waals surface area contributed by atoms with Crippen molar-refractivity contribution in [1.29, 1.82) is 0 Å². The minimum atomic E-state index is -0.319. The first-order valence-corrected chi connectivity index (χ1v) is 10.0. The Hall–Kier alpha value is -1.14. The van der Waals surface area contributed by atoms with Crippen molar-refractivity contribution in [1.82, 2.24) is 0 Å². The summed E-state index contributed by atoms with van der Waals surface area (Å²) in [6.45, 7) is 5.20. The lowest BCUT2D eigenvalue weighted by Crippen LogP contribution is -2.60. The van der Waals surface area contributed by atoms with Crippen LogP contribution in [0.3, 0.4) is 0 Å². The molecule has 7 heteroatoms. The summed E-state index contributed by atoms with van der Waals surface area (Å²) >= 11 is 0. The fourth-order valence-corrected chi connectivity index (χ4v) is 6.20. The highest BCUT2D eigenvalue weighted by atomic mass is 35.5. The van der Waals surface area contributed by atoms with Gasteiger partial charge in [0.15, 0.2) is 0 Å². The molecule has 0 aromatic carbocycles. The summed E-state index contributed by atoms with van der Waals surface area (Å²) in [5, 5.41) is 4.20. The van der Waals surface area contributed by atoms with Crippen LogP contribution in [0.4, 0.5) is 0 Å². The van der Waals surface area contributed by atoms with E-state index in [4.69, 9.17) is 15.3 Å². The quantitative estimate of drug-likeness (QED) is 0.448. The van der Waals surface area contributed by atoms with E-state index < -0.39 is 0 Å². The number of fused-ring (bicyclic) bond motifs is 5. The first kappa shape index (κ1) is 20.6. The number of hydrogen-bond acceptors (Lipinski definition) is 6. The number of nitrogens with zero attached hydrogens (tertiary/aromatic N) is 1. The van der Waals surface area contributed by atoms with Gasteiger partial charge in [0.1, 0.15) is 18.5 Å². The van der Waals surface area contributed by atoms with E-state index in [0.717, 1.165) is 37.8 Å². The molecule has 152 valence electrons. The van der Waals surface area contributed by atoms with Gasteiger partial charge in [0.05, 0.1) is 11.6 Å². The number of ketones is 1. The maximum Gasteiger partial charge on any atom is 0.309 e. The van der Waals surface area contributed by atoms with Gasteiger partial charge in [0, 0.05) is 30.2 Å². The van der Waals surface area contributed by atoms with Gasteiger partial charge in [-0.25, -0.2) is 0 Å². The number of ether oxygens (including phenoxy) is 1. The van der Waals surface area contributed by atoms with Crippen molar-refractivity contribution in [2.24, 2.45) is 39.5 Å². The van der Waals surface area contributed by atoms with Gasteiger partial charge in [-0.3, -0.25) is 9.59 Å². The highest BCUT2D eigenvalue weighted by molar-refractivity contribution is 5.89. The number of carbonyl (C=O) groups excluding carboxylic acids is 2. The maximum absolute atomic E-state index is 13.0. The van der Waals surface area contributed by atoms with E-state index in [2.05, 4.69) is 19.0 Å². The van der Waals surface area contributed by atoms with E-state index >= 15 is 0 Å². The van der Waals surface area contributed by atoms with Crippen molar-refractivity contribution in [3.63, 3.8) is 0 Å². The lowest BCUT2D eigenvalue weighted by atomic mass is 9.50. The average molecular weight is 399 g/mol. The van der Waals surface area contributed by atoms with Crippen LogP contribution in [-0.4, -0.2) is 36.7 Å². The van der Waals surface area contributed by atoms with E-state index in [1.165, 1.54) is 0 Å². The molecular formula is C20H31ClN2O4. The minimum Gasteiger partial charge on any atom is -0.461 e. The standard InChI is InChI=1S/C20H30N2O4.ClH/c1-19-8-6-14-17(13(19)3-4-15(19)23)18(24)26-16-11-12(22-25-10-9-21)5-7-20(14,16)2;/h13-14,16-17H,3-11,21H2,1-2H3;1H/b22-12-;/t13-,14-,16+,17-,19-,20+;/m0./s1. The number of esters is 1. The van der Waals surface area contributed by atoms with E-state index in [0.29, 0.717) is 37.7 Å². The van der Waals surface area contributed by atoms with Crippen LogP contribution in [0.1, 0.15) is 58.8 Å². The van der Waals surface area contributed by atoms with Gasteiger partial charge >= 0.3 is 5.97 Å². The normalized spacial score (nSPS) is 44.6. The molecule has 6 atom stereocenters. The van der Waals surface area contributed by atoms with Crippen molar-refractivity contribution >= 4 is 29.9 Å². The molecule has 3 saturated carbocycles. The third kappa shape index (κ3) is 3.09. The monoisotopic (exact) mass is 398 g/mol. The van der Waals surface area contributed by atoms with E-state index in [1.807, 2.05) is 0 Å².